The molecule has 0 fully saturated rings. The van der Waals surface area contributed by atoms with Crippen LogP contribution in [-0.2, 0) is 23.0 Å². The number of rotatable bonds is 8. The predicted octanol–water partition coefficient (Wildman–Crippen LogP) is -0.490. The highest BCUT2D eigenvalue weighted by atomic mass is 32.2. The first-order chi connectivity index (χ1) is 9.62. The van der Waals surface area contributed by atoms with Crippen LogP contribution in [0, 0.1) is 0 Å². The monoisotopic (exact) mass is 299 g/mol. The molecule has 0 amide bonds. The van der Waals surface area contributed by atoms with Crippen molar-refractivity contribution in [2.24, 2.45) is 0 Å². The van der Waals surface area contributed by atoms with Crippen LogP contribution >= 0.6 is 0 Å². The molecule has 3 N–H and O–H groups in total. The molecule has 0 atom stereocenters. The van der Waals surface area contributed by atoms with Crippen LogP contribution in [0.15, 0.2) is 29.8 Å². The Bertz CT molecular complexity index is 620. The first-order valence-electron chi connectivity index (χ1n) is 6.22. The van der Waals surface area contributed by atoms with E-state index >= 15 is 0 Å². The molecule has 0 aliphatic rings. The van der Waals surface area contributed by atoms with Crippen molar-refractivity contribution in [1.82, 2.24) is 24.5 Å². The number of aryl methyl sites for hydroxylation is 1. The molecule has 9 heteroatoms. The first-order valence-corrected chi connectivity index (χ1v) is 7.70. The second-order valence-electron chi connectivity index (χ2n) is 4.24. The normalized spacial score (nSPS) is 11.8. The number of nitrogens with zero attached hydrogens (tertiary/aromatic N) is 3. The van der Waals surface area contributed by atoms with E-state index in [1.165, 1.54) is 17.1 Å². The number of H-pyrrole nitrogens is 1. The zero-order valence-electron chi connectivity index (χ0n) is 10.9. The summed E-state index contributed by atoms with van der Waals surface area (Å²) in [4.78, 5) is 6.89. The number of hydrogen-bond acceptors (Lipinski definition) is 5. The zero-order valence-corrected chi connectivity index (χ0v) is 11.7. The Morgan fingerprint density at radius 2 is 2.25 bits per heavy atom. The van der Waals surface area contributed by atoms with Crippen molar-refractivity contribution in [1.29, 1.82) is 0 Å². The van der Waals surface area contributed by atoms with E-state index in [1.54, 1.807) is 12.5 Å². The van der Waals surface area contributed by atoms with Gasteiger partial charge >= 0.3 is 0 Å². The van der Waals surface area contributed by atoms with E-state index in [4.69, 9.17) is 5.11 Å². The standard InChI is InChI=1S/C11H17N5O3S/c17-5-1-4-16-8-11(7-14-16)20(18,19)15-3-2-10-6-12-9-13-10/h6-9,15,17H,1-5H2,(H,12,13). The Morgan fingerprint density at radius 3 is 2.95 bits per heavy atom. The van der Waals surface area contributed by atoms with Gasteiger partial charge in [0, 0.05) is 44.2 Å². The fourth-order valence-electron chi connectivity index (χ4n) is 1.66. The van der Waals surface area contributed by atoms with Gasteiger partial charge < -0.3 is 10.1 Å². The van der Waals surface area contributed by atoms with Gasteiger partial charge in [0.05, 0.1) is 12.5 Å². The zero-order chi connectivity index (χ0) is 14.4. The summed E-state index contributed by atoms with van der Waals surface area (Å²) in [6.07, 6.45) is 7.03. The first kappa shape index (κ1) is 14.7. The summed E-state index contributed by atoms with van der Waals surface area (Å²) in [6, 6.07) is 0. The molecule has 0 radical (unpaired) electrons. The molecule has 2 heterocycles. The second-order valence-corrected chi connectivity index (χ2v) is 6.01. The molecule has 0 saturated carbocycles. The third kappa shape index (κ3) is 3.89. The highest BCUT2D eigenvalue weighted by molar-refractivity contribution is 7.89. The Hall–Kier alpha value is -1.71. The Labute approximate surface area is 116 Å². The summed E-state index contributed by atoms with van der Waals surface area (Å²) in [5, 5.41) is 12.7. The van der Waals surface area contributed by atoms with Crippen LogP contribution in [0.3, 0.4) is 0 Å². The number of hydrogen-bond donors (Lipinski definition) is 3. The molecule has 20 heavy (non-hydrogen) atoms. The van der Waals surface area contributed by atoms with Crippen molar-refractivity contribution >= 4 is 10.0 Å². The lowest BCUT2D eigenvalue weighted by atomic mass is 10.3. The molecule has 0 aliphatic heterocycles. The smallest absolute Gasteiger partial charge is 0.243 e. The number of nitrogens with one attached hydrogen (secondary N) is 2. The highest BCUT2D eigenvalue weighted by Gasteiger charge is 2.15. The van der Waals surface area contributed by atoms with E-state index < -0.39 is 10.0 Å². The van der Waals surface area contributed by atoms with Crippen LogP contribution in [0.2, 0.25) is 0 Å². The van der Waals surface area contributed by atoms with Gasteiger partial charge in [-0.15, -0.1) is 0 Å². The lowest BCUT2D eigenvalue weighted by molar-refractivity contribution is 0.277. The average molecular weight is 299 g/mol. The van der Waals surface area contributed by atoms with Crippen molar-refractivity contribution in [3.05, 3.63) is 30.6 Å². The van der Waals surface area contributed by atoms with Crippen molar-refractivity contribution < 1.29 is 13.5 Å². The van der Waals surface area contributed by atoms with E-state index in [9.17, 15) is 8.42 Å². The number of sulfonamides is 1. The van der Waals surface area contributed by atoms with Gasteiger partial charge in [-0.25, -0.2) is 18.1 Å². The Morgan fingerprint density at radius 1 is 1.40 bits per heavy atom. The van der Waals surface area contributed by atoms with Gasteiger partial charge in [0.25, 0.3) is 0 Å². The molecular weight excluding hydrogens is 282 g/mol. The van der Waals surface area contributed by atoms with Gasteiger partial charge in [0.2, 0.25) is 10.0 Å². The van der Waals surface area contributed by atoms with E-state index in [0.29, 0.717) is 19.4 Å². The minimum atomic E-state index is -3.55. The van der Waals surface area contributed by atoms with Crippen LogP contribution in [-0.4, -0.2) is 46.4 Å². The van der Waals surface area contributed by atoms with Gasteiger partial charge in [-0.05, 0) is 6.42 Å². The summed E-state index contributed by atoms with van der Waals surface area (Å²) in [6.45, 7) is 0.816. The molecule has 0 aromatic carbocycles. The lowest BCUT2D eigenvalue weighted by Gasteiger charge is -2.03. The molecule has 0 aliphatic carbocycles. The van der Waals surface area contributed by atoms with Crippen LogP contribution < -0.4 is 4.72 Å². The number of imidazole rings is 1. The maximum absolute atomic E-state index is 12.0. The van der Waals surface area contributed by atoms with E-state index in [0.717, 1.165) is 5.69 Å². The maximum Gasteiger partial charge on any atom is 0.243 e. The third-order valence-corrected chi connectivity index (χ3v) is 4.12. The molecule has 0 saturated heterocycles. The summed E-state index contributed by atoms with van der Waals surface area (Å²) in [7, 11) is -3.55. The molecule has 8 nitrogen and oxygen atoms in total. The molecule has 2 rings (SSSR count). The minimum Gasteiger partial charge on any atom is -0.396 e. The molecule has 0 unspecified atom stereocenters. The van der Waals surface area contributed by atoms with Gasteiger partial charge in [-0.2, -0.15) is 5.10 Å². The molecule has 0 bridgehead atoms. The fraction of sp³-hybridized carbons (Fsp3) is 0.455. The van der Waals surface area contributed by atoms with Crippen LogP contribution in [0.4, 0.5) is 0 Å². The lowest BCUT2D eigenvalue weighted by Crippen LogP contribution is -2.25. The van der Waals surface area contributed by atoms with E-state index in [-0.39, 0.29) is 18.0 Å². The van der Waals surface area contributed by atoms with Crippen molar-refractivity contribution in [2.75, 3.05) is 13.2 Å². The van der Waals surface area contributed by atoms with Crippen LogP contribution in [0.25, 0.3) is 0 Å². The topological polar surface area (TPSA) is 113 Å². The van der Waals surface area contributed by atoms with Gasteiger partial charge in [-0.3, -0.25) is 4.68 Å². The van der Waals surface area contributed by atoms with Gasteiger partial charge in [0.15, 0.2) is 0 Å². The minimum absolute atomic E-state index is 0.0460. The summed E-state index contributed by atoms with van der Waals surface area (Å²) < 4.78 is 28.0. The van der Waals surface area contributed by atoms with Crippen molar-refractivity contribution in [3.8, 4) is 0 Å². The maximum atomic E-state index is 12.0. The highest BCUT2D eigenvalue weighted by Crippen LogP contribution is 2.07. The predicted molar refractivity (Wildman–Crippen MR) is 71.4 cm³/mol. The third-order valence-electron chi connectivity index (χ3n) is 2.71. The van der Waals surface area contributed by atoms with Gasteiger partial charge in [0.1, 0.15) is 4.90 Å². The largest absolute Gasteiger partial charge is 0.396 e. The Balaban J connectivity index is 1.90. The molecule has 2 aromatic heterocycles. The summed E-state index contributed by atoms with van der Waals surface area (Å²) in [5.41, 5.74) is 0.867. The number of aliphatic hydroxyl groups excluding tert-OH is 1. The van der Waals surface area contributed by atoms with E-state index in [1.807, 2.05) is 0 Å². The molecule has 2 aromatic rings. The molecule has 110 valence electrons. The van der Waals surface area contributed by atoms with Crippen molar-refractivity contribution in [3.63, 3.8) is 0 Å². The molecule has 0 spiro atoms. The van der Waals surface area contributed by atoms with Crippen molar-refractivity contribution in [2.45, 2.75) is 24.3 Å². The average Bonchev–Trinajstić information content (AvgIpc) is 3.07. The SMILES string of the molecule is O=S(=O)(NCCc1cnc[nH]1)c1cnn(CCCO)c1. The second kappa shape index (κ2) is 6.64. The molecular formula is C11H17N5O3S. The van der Waals surface area contributed by atoms with E-state index in [2.05, 4.69) is 19.8 Å². The van der Waals surface area contributed by atoms with Crippen LogP contribution in [0.1, 0.15) is 12.1 Å². The number of aromatic nitrogens is 4. The number of aromatic amines is 1. The Kier molecular flexibility index (Phi) is 4.88. The number of aliphatic hydroxyl groups is 1. The van der Waals surface area contributed by atoms with Gasteiger partial charge in [-0.1, -0.05) is 0 Å². The summed E-state index contributed by atoms with van der Waals surface area (Å²) in [5.74, 6) is 0. The summed E-state index contributed by atoms with van der Waals surface area (Å²) >= 11 is 0. The van der Waals surface area contributed by atoms with Crippen LogP contribution in [0.5, 0.6) is 0 Å². The quantitative estimate of drug-likeness (QED) is 0.609. The fourth-order valence-corrected chi connectivity index (χ4v) is 2.65.